The van der Waals surface area contributed by atoms with E-state index in [1.807, 2.05) is 24.3 Å². The van der Waals surface area contributed by atoms with Gasteiger partial charge in [-0.05, 0) is 74.7 Å². The Balaban J connectivity index is 1.56. The van der Waals surface area contributed by atoms with Crippen molar-refractivity contribution < 1.29 is 9.53 Å². The minimum absolute atomic E-state index is 0.113. The van der Waals surface area contributed by atoms with Crippen molar-refractivity contribution in [3.05, 3.63) is 82.2 Å². The van der Waals surface area contributed by atoms with Gasteiger partial charge in [0.2, 0.25) is 5.91 Å². The number of methoxy groups -OCH3 is 1. The molecule has 6 heteroatoms. The average Bonchev–Trinajstić information content (AvgIpc) is 3.01. The lowest BCUT2D eigenvalue weighted by atomic mass is 10.1. The minimum atomic E-state index is -0.113. The number of ether oxygens (including phenoxy) is 1. The molecule has 3 aromatic rings. The summed E-state index contributed by atoms with van der Waals surface area (Å²) in [7, 11) is 1.65. The molecule has 0 aliphatic rings. The van der Waals surface area contributed by atoms with E-state index in [1.165, 1.54) is 11.1 Å². The first-order valence-corrected chi connectivity index (χ1v) is 11.3. The van der Waals surface area contributed by atoms with Crippen LogP contribution < -0.4 is 10.2 Å². The van der Waals surface area contributed by atoms with Crippen molar-refractivity contribution in [1.82, 2.24) is 9.99 Å². The average molecular weight is 436 g/mol. The maximum atomic E-state index is 12.1. The highest BCUT2D eigenvalue weighted by atomic mass is 32.2. The third kappa shape index (κ3) is 6.01. The second-order valence-electron chi connectivity index (χ2n) is 7.64. The fraction of sp³-hybridized carbons (Fsp3) is 0.280. The summed E-state index contributed by atoms with van der Waals surface area (Å²) in [5.74, 6) is 1.83. The standard InChI is InChI=1S/C25H29N3O2S/c1-17-10-18(2)12-23(11-17)28-19(3)13-22(20(28)4)14-26-27-25(29)16-31-15-21-6-8-24(30-5)9-7-21/h6-14H,15-16H2,1-5H3,(H,27,29)/b26-14-. The number of amides is 1. The third-order valence-corrected chi connectivity index (χ3v) is 5.99. The summed E-state index contributed by atoms with van der Waals surface area (Å²) in [6, 6.07) is 16.5. The van der Waals surface area contributed by atoms with E-state index < -0.39 is 0 Å². The van der Waals surface area contributed by atoms with E-state index in [0.717, 1.165) is 39.7 Å². The lowest BCUT2D eigenvalue weighted by Crippen LogP contribution is -2.19. The number of nitrogens with zero attached hydrogens (tertiary/aromatic N) is 2. The van der Waals surface area contributed by atoms with Gasteiger partial charge >= 0.3 is 0 Å². The molecule has 31 heavy (non-hydrogen) atoms. The van der Waals surface area contributed by atoms with E-state index in [2.05, 4.69) is 67.1 Å². The molecule has 3 rings (SSSR count). The zero-order valence-corrected chi connectivity index (χ0v) is 19.5. The molecule has 5 nitrogen and oxygen atoms in total. The molecule has 0 bridgehead atoms. The number of thioether (sulfide) groups is 1. The number of carbonyl (C=O) groups excluding carboxylic acids is 1. The number of aromatic nitrogens is 1. The first-order chi connectivity index (χ1) is 14.9. The number of nitrogens with one attached hydrogen (secondary N) is 1. The molecule has 0 aliphatic carbocycles. The zero-order valence-electron chi connectivity index (χ0n) is 18.7. The van der Waals surface area contributed by atoms with Crippen LogP contribution in [0.4, 0.5) is 0 Å². The molecule has 1 N–H and O–H groups in total. The summed E-state index contributed by atoms with van der Waals surface area (Å²) in [5.41, 5.74) is 10.6. The van der Waals surface area contributed by atoms with Crippen LogP contribution in [0.1, 0.15) is 33.6 Å². The highest BCUT2D eigenvalue weighted by Gasteiger charge is 2.10. The molecular weight excluding hydrogens is 406 g/mol. The number of hydrogen-bond acceptors (Lipinski definition) is 4. The van der Waals surface area contributed by atoms with Gasteiger partial charge in [0.25, 0.3) is 0 Å². The highest BCUT2D eigenvalue weighted by Crippen LogP contribution is 2.22. The highest BCUT2D eigenvalue weighted by molar-refractivity contribution is 7.99. The number of aryl methyl sites for hydroxylation is 3. The first-order valence-electron chi connectivity index (χ1n) is 10.2. The monoisotopic (exact) mass is 435 g/mol. The van der Waals surface area contributed by atoms with Crippen LogP contribution >= 0.6 is 11.8 Å². The van der Waals surface area contributed by atoms with Crippen LogP contribution in [0, 0.1) is 27.7 Å². The predicted octanol–water partition coefficient (Wildman–Crippen LogP) is 5.10. The second kappa shape index (κ2) is 10.4. The van der Waals surface area contributed by atoms with Gasteiger partial charge in [-0.2, -0.15) is 5.10 Å². The Morgan fingerprint density at radius 1 is 1.06 bits per heavy atom. The van der Waals surface area contributed by atoms with Gasteiger partial charge in [0.1, 0.15) is 5.75 Å². The molecule has 1 amide bonds. The number of benzene rings is 2. The van der Waals surface area contributed by atoms with Crippen molar-refractivity contribution in [1.29, 1.82) is 0 Å². The van der Waals surface area contributed by atoms with Gasteiger partial charge in [0, 0.05) is 28.4 Å². The van der Waals surface area contributed by atoms with E-state index in [0.29, 0.717) is 5.75 Å². The SMILES string of the molecule is COc1ccc(CSCC(=O)N/N=C\c2cc(C)n(-c3cc(C)cc(C)c3)c2C)cc1. The molecule has 1 aromatic heterocycles. The minimum Gasteiger partial charge on any atom is -0.497 e. The van der Waals surface area contributed by atoms with E-state index in [1.54, 1.807) is 25.1 Å². The Morgan fingerprint density at radius 2 is 1.74 bits per heavy atom. The fourth-order valence-electron chi connectivity index (χ4n) is 3.58. The van der Waals surface area contributed by atoms with Crippen molar-refractivity contribution in [3.8, 4) is 11.4 Å². The molecule has 0 atom stereocenters. The largest absolute Gasteiger partial charge is 0.497 e. The summed E-state index contributed by atoms with van der Waals surface area (Å²) in [6.07, 6.45) is 1.72. The maximum Gasteiger partial charge on any atom is 0.250 e. The van der Waals surface area contributed by atoms with Gasteiger partial charge in [-0.25, -0.2) is 5.43 Å². The van der Waals surface area contributed by atoms with Crippen LogP contribution in [0.15, 0.2) is 53.6 Å². The van der Waals surface area contributed by atoms with Gasteiger partial charge in [-0.1, -0.05) is 18.2 Å². The second-order valence-corrected chi connectivity index (χ2v) is 8.63. The Morgan fingerprint density at radius 3 is 2.39 bits per heavy atom. The summed E-state index contributed by atoms with van der Waals surface area (Å²) >= 11 is 1.55. The fourth-order valence-corrected chi connectivity index (χ4v) is 4.36. The smallest absolute Gasteiger partial charge is 0.250 e. The van der Waals surface area contributed by atoms with Crippen LogP contribution in [-0.2, 0) is 10.5 Å². The zero-order chi connectivity index (χ0) is 22.4. The number of rotatable bonds is 8. The first kappa shape index (κ1) is 22.7. The topological polar surface area (TPSA) is 55.6 Å². The summed E-state index contributed by atoms with van der Waals surface area (Å²) in [5, 5.41) is 4.17. The molecule has 0 saturated carbocycles. The van der Waals surface area contributed by atoms with E-state index in [4.69, 9.17) is 4.74 Å². The Hall–Kier alpha value is -2.99. The molecule has 162 valence electrons. The van der Waals surface area contributed by atoms with E-state index in [9.17, 15) is 4.79 Å². The van der Waals surface area contributed by atoms with Crippen molar-refractivity contribution in [2.75, 3.05) is 12.9 Å². The lowest BCUT2D eigenvalue weighted by Gasteiger charge is -2.11. The number of hydrogen-bond donors (Lipinski definition) is 1. The van der Waals surface area contributed by atoms with Gasteiger partial charge in [0.15, 0.2) is 0 Å². The third-order valence-electron chi connectivity index (χ3n) is 4.99. The Kier molecular flexibility index (Phi) is 7.58. The van der Waals surface area contributed by atoms with Crippen LogP contribution in [0.25, 0.3) is 5.69 Å². The van der Waals surface area contributed by atoms with Gasteiger partial charge in [-0.3, -0.25) is 4.79 Å². The molecule has 2 aromatic carbocycles. The maximum absolute atomic E-state index is 12.1. The molecule has 0 unspecified atom stereocenters. The van der Waals surface area contributed by atoms with Gasteiger partial charge in [0.05, 0.1) is 19.1 Å². The van der Waals surface area contributed by atoms with Crippen LogP contribution in [0.2, 0.25) is 0 Å². The van der Waals surface area contributed by atoms with Gasteiger partial charge < -0.3 is 9.30 Å². The molecule has 0 saturated heterocycles. The van der Waals surface area contributed by atoms with E-state index in [-0.39, 0.29) is 5.91 Å². The lowest BCUT2D eigenvalue weighted by molar-refractivity contribution is -0.118. The summed E-state index contributed by atoms with van der Waals surface area (Å²) < 4.78 is 7.37. The van der Waals surface area contributed by atoms with Crippen LogP contribution in [0.3, 0.4) is 0 Å². The summed E-state index contributed by atoms with van der Waals surface area (Å²) in [4.78, 5) is 12.1. The van der Waals surface area contributed by atoms with Crippen molar-refractivity contribution >= 4 is 23.9 Å². The normalized spacial score (nSPS) is 11.1. The van der Waals surface area contributed by atoms with Crippen LogP contribution in [0.5, 0.6) is 5.75 Å². The Bertz CT molecular complexity index is 1060. The predicted molar refractivity (Wildman–Crippen MR) is 130 cm³/mol. The van der Waals surface area contributed by atoms with Crippen LogP contribution in [-0.4, -0.2) is 29.6 Å². The molecule has 0 aliphatic heterocycles. The molecule has 1 heterocycles. The van der Waals surface area contributed by atoms with Crippen molar-refractivity contribution in [2.45, 2.75) is 33.4 Å². The molecule has 0 fully saturated rings. The molecular formula is C25H29N3O2S. The quantitative estimate of drug-likeness (QED) is 0.395. The molecule has 0 radical (unpaired) electrons. The van der Waals surface area contributed by atoms with Crippen molar-refractivity contribution in [2.24, 2.45) is 5.10 Å². The molecule has 0 spiro atoms. The number of hydrazone groups is 1. The van der Waals surface area contributed by atoms with Gasteiger partial charge in [-0.15, -0.1) is 11.8 Å². The van der Waals surface area contributed by atoms with E-state index >= 15 is 0 Å². The number of carbonyl (C=O) groups is 1. The summed E-state index contributed by atoms with van der Waals surface area (Å²) in [6.45, 7) is 8.36. The Labute approximate surface area is 188 Å². The van der Waals surface area contributed by atoms with Crippen molar-refractivity contribution in [3.63, 3.8) is 0 Å².